The van der Waals surface area contributed by atoms with E-state index < -0.39 is 33.4 Å². The Morgan fingerprint density at radius 3 is 2.45 bits per heavy atom. The van der Waals surface area contributed by atoms with Crippen LogP contribution in [0, 0.1) is 5.82 Å². The molecule has 3 aromatic rings. The van der Waals surface area contributed by atoms with E-state index in [1.54, 1.807) is 55.1 Å². The molecule has 0 saturated carbocycles. The zero-order valence-electron chi connectivity index (χ0n) is 16.9. The van der Waals surface area contributed by atoms with Crippen molar-refractivity contribution in [2.24, 2.45) is 0 Å². The van der Waals surface area contributed by atoms with Gasteiger partial charge in [0.05, 0.1) is 24.6 Å². The summed E-state index contributed by atoms with van der Waals surface area (Å²) in [5, 5.41) is 16.7. The first kappa shape index (κ1) is 20.8. The molecule has 1 aliphatic heterocycles. The van der Waals surface area contributed by atoms with E-state index in [9.17, 15) is 19.1 Å². The van der Waals surface area contributed by atoms with Crippen LogP contribution in [0.4, 0.5) is 4.39 Å². The van der Waals surface area contributed by atoms with Crippen molar-refractivity contribution < 1.29 is 23.6 Å². The molecular weight excluding hydrogens is 399 g/mol. The summed E-state index contributed by atoms with van der Waals surface area (Å²) in [5.41, 5.74) is 0.906. The van der Waals surface area contributed by atoms with Gasteiger partial charge in [-0.05, 0) is 47.5 Å². The summed E-state index contributed by atoms with van der Waals surface area (Å²) in [6.45, 7) is 0.894. The Kier molecular flexibility index (Phi) is 5.34. The minimum Gasteiger partial charge on any atom is -0.390 e. The minimum atomic E-state index is -1.04. The quantitative estimate of drug-likeness (QED) is 0.617. The number of halogens is 1. The highest BCUT2D eigenvalue weighted by molar-refractivity contribution is 5.92. The number of H-pyrrole nitrogens is 1. The molecule has 0 bridgehead atoms. The first-order valence-electron chi connectivity index (χ1n) is 9.86. The predicted molar refractivity (Wildman–Crippen MR) is 110 cm³/mol. The molecule has 0 aliphatic carbocycles. The van der Waals surface area contributed by atoms with Gasteiger partial charge in [-0.25, -0.2) is 14.0 Å². The predicted octanol–water partition coefficient (Wildman–Crippen LogP) is 2.42. The molecule has 7 nitrogen and oxygen atoms in total. The molecule has 0 spiro atoms. The second kappa shape index (κ2) is 7.98. The Labute approximate surface area is 178 Å². The standard InChI is InChI=1S/C23H22FN4O3/c1-16(30)28(14-15-29)13-9-23(20-8-12-26-27-20,18-6-10-25-11-7-18)21(22(28)31)17-2-4-19(24)5-3-17/h2-13,21,29H,14-15H2,1H3,(H,26,27)/q+1. The third-order valence-electron chi connectivity index (χ3n) is 6.01. The molecule has 3 heterocycles. The number of benzene rings is 1. The Bertz CT molecular complexity index is 1120. The molecule has 0 fully saturated rings. The molecule has 0 saturated heterocycles. The van der Waals surface area contributed by atoms with Gasteiger partial charge in [-0.15, -0.1) is 0 Å². The van der Waals surface area contributed by atoms with Crippen LogP contribution in [0.2, 0.25) is 0 Å². The number of hydrogen-bond donors (Lipinski definition) is 2. The van der Waals surface area contributed by atoms with E-state index in [0.29, 0.717) is 11.3 Å². The fourth-order valence-corrected chi connectivity index (χ4v) is 4.44. The number of carbonyl (C=O) groups excluding carboxylic acids is 2. The Hall–Kier alpha value is -3.49. The molecule has 4 rings (SSSR count). The van der Waals surface area contributed by atoms with E-state index in [1.165, 1.54) is 19.1 Å². The van der Waals surface area contributed by atoms with Crippen molar-refractivity contribution in [3.63, 3.8) is 0 Å². The number of quaternary nitrogens is 1. The zero-order chi connectivity index (χ0) is 22.1. The number of nitrogens with zero attached hydrogens (tertiary/aromatic N) is 3. The second-order valence-electron chi connectivity index (χ2n) is 7.55. The fourth-order valence-electron chi connectivity index (χ4n) is 4.44. The van der Waals surface area contributed by atoms with E-state index in [0.717, 1.165) is 5.56 Å². The molecule has 0 radical (unpaired) electrons. The Balaban J connectivity index is 2.07. The molecule has 2 N–H and O–H groups in total. The smallest absolute Gasteiger partial charge is 0.334 e. The van der Waals surface area contributed by atoms with E-state index in [2.05, 4.69) is 15.2 Å². The number of hydrogen-bond acceptors (Lipinski definition) is 5. The van der Waals surface area contributed by atoms with Crippen molar-refractivity contribution in [3.05, 3.63) is 96.0 Å². The average Bonchev–Trinajstić information content (AvgIpc) is 3.32. The van der Waals surface area contributed by atoms with Gasteiger partial charge in [-0.2, -0.15) is 9.58 Å². The van der Waals surface area contributed by atoms with Gasteiger partial charge in [0.2, 0.25) is 0 Å². The second-order valence-corrected chi connectivity index (χ2v) is 7.55. The highest BCUT2D eigenvalue weighted by Gasteiger charge is 2.58. The van der Waals surface area contributed by atoms with Crippen LogP contribution in [-0.2, 0) is 15.0 Å². The highest BCUT2D eigenvalue weighted by Crippen LogP contribution is 2.50. The molecule has 158 valence electrons. The summed E-state index contributed by atoms with van der Waals surface area (Å²) >= 11 is 0. The third kappa shape index (κ3) is 3.20. The number of aliphatic hydroxyl groups is 1. The maximum Gasteiger partial charge on any atom is 0.334 e. The number of pyridine rings is 1. The summed E-state index contributed by atoms with van der Waals surface area (Å²) in [6, 6.07) is 11.1. The number of nitrogens with one attached hydrogen (secondary N) is 1. The molecule has 1 aliphatic rings. The monoisotopic (exact) mass is 421 g/mol. The van der Waals surface area contributed by atoms with Crippen LogP contribution in [0.25, 0.3) is 0 Å². The minimum absolute atomic E-state index is 0.0856. The van der Waals surface area contributed by atoms with Crippen molar-refractivity contribution in [2.75, 3.05) is 13.2 Å². The van der Waals surface area contributed by atoms with Crippen LogP contribution in [-0.4, -0.2) is 49.7 Å². The largest absolute Gasteiger partial charge is 0.390 e. The number of aliphatic hydroxyl groups excluding tert-OH is 1. The van der Waals surface area contributed by atoms with Crippen LogP contribution in [0.1, 0.15) is 29.7 Å². The Morgan fingerprint density at radius 1 is 1.16 bits per heavy atom. The maximum atomic E-state index is 14.1. The van der Waals surface area contributed by atoms with Crippen molar-refractivity contribution in [2.45, 2.75) is 18.3 Å². The molecular formula is C23H22FN4O3+. The van der Waals surface area contributed by atoms with Crippen LogP contribution in [0.15, 0.2) is 73.3 Å². The van der Waals surface area contributed by atoms with Crippen LogP contribution in [0.5, 0.6) is 0 Å². The van der Waals surface area contributed by atoms with Crippen molar-refractivity contribution in [1.29, 1.82) is 0 Å². The van der Waals surface area contributed by atoms with Crippen molar-refractivity contribution in [3.8, 4) is 0 Å². The van der Waals surface area contributed by atoms with Gasteiger partial charge in [0, 0.05) is 18.6 Å². The van der Waals surface area contributed by atoms with E-state index in [4.69, 9.17) is 0 Å². The zero-order valence-corrected chi connectivity index (χ0v) is 16.9. The molecule has 31 heavy (non-hydrogen) atoms. The molecule has 1 aromatic carbocycles. The fraction of sp³-hybridized carbons (Fsp3) is 0.217. The lowest BCUT2D eigenvalue weighted by atomic mass is 9.63. The van der Waals surface area contributed by atoms with Crippen molar-refractivity contribution in [1.82, 2.24) is 15.2 Å². The molecule has 3 atom stereocenters. The van der Waals surface area contributed by atoms with Crippen LogP contribution in [0.3, 0.4) is 0 Å². The Morgan fingerprint density at radius 2 is 1.87 bits per heavy atom. The van der Waals surface area contributed by atoms with Gasteiger partial charge in [-0.3, -0.25) is 10.1 Å². The normalized spacial score (nSPS) is 25.5. The number of aromatic amines is 1. The van der Waals surface area contributed by atoms with Gasteiger partial charge in [0.1, 0.15) is 24.5 Å². The SMILES string of the molecule is CC(=O)[N+]1(CCO)C=CC(c2ccncc2)(c2ccn[nH]2)C(c2ccc(F)cc2)C1=O. The van der Waals surface area contributed by atoms with Gasteiger partial charge >= 0.3 is 11.8 Å². The average molecular weight is 421 g/mol. The van der Waals surface area contributed by atoms with E-state index in [1.807, 2.05) is 6.08 Å². The van der Waals surface area contributed by atoms with Gasteiger partial charge in [0.25, 0.3) is 0 Å². The first-order valence-corrected chi connectivity index (χ1v) is 9.86. The lowest BCUT2D eigenvalue weighted by molar-refractivity contribution is -0.729. The number of aromatic nitrogens is 3. The number of allylic oxidation sites excluding steroid dienone is 1. The number of amides is 2. The number of carbonyl (C=O) groups is 2. The van der Waals surface area contributed by atoms with Crippen molar-refractivity contribution >= 4 is 11.8 Å². The number of rotatable bonds is 5. The van der Waals surface area contributed by atoms with Crippen LogP contribution < -0.4 is 0 Å². The van der Waals surface area contributed by atoms with Gasteiger partial charge < -0.3 is 5.11 Å². The molecule has 8 heteroatoms. The first-order chi connectivity index (χ1) is 15.0. The molecule has 2 amide bonds. The van der Waals surface area contributed by atoms with E-state index in [-0.39, 0.29) is 13.2 Å². The topological polar surface area (TPSA) is 95.9 Å². The lowest BCUT2D eigenvalue weighted by Crippen LogP contribution is -2.61. The summed E-state index contributed by atoms with van der Waals surface area (Å²) in [7, 11) is 0. The molecule has 3 unspecified atom stereocenters. The summed E-state index contributed by atoms with van der Waals surface area (Å²) in [4.78, 5) is 30.9. The highest BCUT2D eigenvalue weighted by atomic mass is 19.1. The summed E-state index contributed by atoms with van der Waals surface area (Å²) in [6.07, 6.45) is 8.20. The summed E-state index contributed by atoms with van der Waals surface area (Å²) < 4.78 is 13.1. The maximum absolute atomic E-state index is 14.1. The van der Waals surface area contributed by atoms with E-state index >= 15 is 0 Å². The summed E-state index contributed by atoms with van der Waals surface area (Å²) in [5.74, 6) is -2.14. The van der Waals surface area contributed by atoms with Crippen LogP contribution >= 0.6 is 0 Å². The van der Waals surface area contributed by atoms with Gasteiger partial charge in [-0.1, -0.05) is 12.1 Å². The number of imide groups is 1. The third-order valence-corrected chi connectivity index (χ3v) is 6.01. The van der Waals surface area contributed by atoms with Gasteiger partial charge in [0.15, 0.2) is 0 Å². The molecule has 2 aromatic heterocycles. The lowest BCUT2D eigenvalue weighted by Gasteiger charge is -2.44.